The number of nitrogens with one attached hydrogen (secondary N) is 2. The van der Waals surface area contributed by atoms with Gasteiger partial charge in [0.15, 0.2) is 0 Å². The van der Waals surface area contributed by atoms with Crippen LogP contribution < -0.4 is 16.6 Å². The molecule has 7 nitrogen and oxygen atoms in total. The van der Waals surface area contributed by atoms with E-state index < -0.39 is 11.9 Å². The molecular weight excluding hydrogens is 244 g/mol. The average molecular weight is 254 g/mol. The van der Waals surface area contributed by atoms with Crippen LogP contribution in [0.3, 0.4) is 0 Å². The van der Waals surface area contributed by atoms with Crippen molar-refractivity contribution in [3.05, 3.63) is 21.9 Å². The van der Waals surface area contributed by atoms with Crippen LogP contribution in [-0.2, 0) is 11.3 Å². The van der Waals surface area contributed by atoms with Crippen molar-refractivity contribution in [2.75, 3.05) is 6.54 Å². The lowest BCUT2D eigenvalue weighted by Gasteiger charge is -2.09. The molecule has 8 heteroatoms. The second kappa shape index (κ2) is 4.52. The van der Waals surface area contributed by atoms with E-state index in [1.54, 1.807) is 12.1 Å². The fourth-order valence-corrected chi connectivity index (χ4v) is 2.33. The Morgan fingerprint density at radius 2 is 2.29 bits per heavy atom. The van der Waals surface area contributed by atoms with Crippen LogP contribution in [-0.4, -0.2) is 29.3 Å². The van der Waals surface area contributed by atoms with Crippen molar-refractivity contribution in [1.29, 1.82) is 0 Å². The molecule has 0 saturated carbocycles. The van der Waals surface area contributed by atoms with Gasteiger partial charge in [0.2, 0.25) is 5.91 Å². The van der Waals surface area contributed by atoms with E-state index in [1.807, 2.05) is 5.43 Å². The van der Waals surface area contributed by atoms with Crippen LogP contribution in [0.25, 0.3) is 0 Å². The van der Waals surface area contributed by atoms with E-state index in [0.29, 0.717) is 4.88 Å². The van der Waals surface area contributed by atoms with Gasteiger partial charge in [-0.1, -0.05) is 0 Å². The van der Waals surface area contributed by atoms with Crippen LogP contribution in [0.15, 0.2) is 12.1 Å². The normalized spacial score (nSPS) is 15.0. The lowest BCUT2D eigenvalue weighted by atomic mass is 10.4. The minimum Gasteiger partial charge on any atom is -0.329 e. The Balaban J connectivity index is 2.09. The number of hydrazine groups is 1. The number of nitrogen functional groups attached to an aromatic ring is 1. The third kappa shape index (κ3) is 2.27. The highest BCUT2D eigenvalue weighted by Gasteiger charge is 2.28. The van der Waals surface area contributed by atoms with E-state index >= 15 is 0 Å². The van der Waals surface area contributed by atoms with Gasteiger partial charge in [-0.3, -0.25) is 19.9 Å². The molecule has 1 aliphatic heterocycles. The number of nitrogens with zero attached hydrogens (tertiary/aromatic N) is 1. The molecule has 2 heterocycles. The standard InChI is InChI=1S/C9H10N4O3S/c10-12-8(15)6-2-1-5(17-6)4-13-7(14)3-11-9(13)16/h1-2H,3-4,10H2,(H,11,16)(H,12,15). The molecule has 90 valence electrons. The van der Waals surface area contributed by atoms with Gasteiger partial charge in [-0.15, -0.1) is 11.3 Å². The monoisotopic (exact) mass is 254 g/mol. The molecule has 0 bridgehead atoms. The first-order valence-corrected chi connectivity index (χ1v) is 5.61. The Hall–Kier alpha value is -1.93. The molecule has 1 aliphatic rings. The molecule has 0 spiro atoms. The van der Waals surface area contributed by atoms with E-state index in [0.717, 1.165) is 9.78 Å². The zero-order valence-corrected chi connectivity index (χ0v) is 9.54. The van der Waals surface area contributed by atoms with Gasteiger partial charge >= 0.3 is 6.03 Å². The van der Waals surface area contributed by atoms with Crippen molar-refractivity contribution < 1.29 is 14.4 Å². The Morgan fingerprint density at radius 3 is 2.88 bits per heavy atom. The molecule has 0 aromatic carbocycles. The zero-order chi connectivity index (χ0) is 12.4. The summed E-state index contributed by atoms with van der Waals surface area (Å²) in [6.45, 7) is 0.202. The first-order chi connectivity index (χ1) is 8.11. The summed E-state index contributed by atoms with van der Waals surface area (Å²) < 4.78 is 0. The van der Waals surface area contributed by atoms with Crippen LogP contribution in [0.4, 0.5) is 4.79 Å². The fourth-order valence-electron chi connectivity index (χ4n) is 1.43. The van der Waals surface area contributed by atoms with Gasteiger partial charge in [0.1, 0.15) is 0 Å². The van der Waals surface area contributed by atoms with Crippen LogP contribution in [0, 0.1) is 0 Å². The largest absolute Gasteiger partial charge is 0.329 e. The molecule has 1 fully saturated rings. The topological polar surface area (TPSA) is 105 Å². The molecule has 4 N–H and O–H groups in total. The number of nitrogens with two attached hydrogens (primary N) is 1. The van der Waals surface area contributed by atoms with Crippen LogP contribution >= 0.6 is 11.3 Å². The van der Waals surface area contributed by atoms with E-state index in [1.165, 1.54) is 11.3 Å². The predicted molar refractivity (Wildman–Crippen MR) is 59.9 cm³/mol. The number of amides is 4. The summed E-state index contributed by atoms with van der Waals surface area (Å²) in [6, 6.07) is 2.88. The molecule has 17 heavy (non-hydrogen) atoms. The Labute approximate surface area is 101 Å². The second-order valence-corrected chi connectivity index (χ2v) is 4.55. The molecular formula is C9H10N4O3S. The number of carbonyl (C=O) groups is 3. The van der Waals surface area contributed by atoms with Crippen molar-refractivity contribution in [2.24, 2.45) is 5.84 Å². The fraction of sp³-hybridized carbons (Fsp3) is 0.222. The van der Waals surface area contributed by atoms with Gasteiger partial charge < -0.3 is 5.32 Å². The summed E-state index contributed by atoms with van der Waals surface area (Å²) in [4.78, 5) is 36.1. The second-order valence-electron chi connectivity index (χ2n) is 3.38. The van der Waals surface area contributed by atoms with Crippen LogP contribution in [0.1, 0.15) is 14.5 Å². The molecule has 0 unspecified atom stereocenters. The van der Waals surface area contributed by atoms with Gasteiger partial charge in [0, 0.05) is 4.88 Å². The number of imide groups is 1. The summed E-state index contributed by atoms with van der Waals surface area (Å²) in [5.74, 6) is 4.34. The lowest BCUT2D eigenvalue weighted by molar-refractivity contribution is -0.125. The van der Waals surface area contributed by atoms with Gasteiger partial charge in [0.05, 0.1) is 18.0 Å². The maximum Gasteiger partial charge on any atom is 0.324 e. The highest BCUT2D eigenvalue weighted by Crippen LogP contribution is 2.19. The smallest absolute Gasteiger partial charge is 0.324 e. The SMILES string of the molecule is NNC(=O)c1ccc(CN2C(=O)CNC2=O)s1. The lowest BCUT2D eigenvalue weighted by Crippen LogP contribution is -2.30. The summed E-state index contributed by atoms with van der Waals surface area (Å²) in [6.07, 6.45) is 0. The van der Waals surface area contributed by atoms with Crippen LogP contribution in [0.2, 0.25) is 0 Å². The van der Waals surface area contributed by atoms with Crippen molar-refractivity contribution in [1.82, 2.24) is 15.6 Å². The average Bonchev–Trinajstić information content (AvgIpc) is 2.90. The predicted octanol–water partition coefficient (Wildman–Crippen LogP) is -0.597. The Kier molecular flexibility index (Phi) is 3.07. The third-order valence-electron chi connectivity index (χ3n) is 2.27. The summed E-state index contributed by atoms with van der Waals surface area (Å²) in [5, 5.41) is 2.42. The highest BCUT2D eigenvalue weighted by atomic mass is 32.1. The molecule has 0 aliphatic carbocycles. The maximum absolute atomic E-state index is 11.3. The van der Waals surface area contributed by atoms with Gasteiger partial charge in [0.25, 0.3) is 5.91 Å². The first-order valence-electron chi connectivity index (χ1n) is 4.79. The molecule has 0 radical (unpaired) electrons. The summed E-state index contributed by atoms with van der Waals surface area (Å²) in [7, 11) is 0. The first kappa shape index (κ1) is 11.6. The van der Waals surface area contributed by atoms with E-state index in [4.69, 9.17) is 5.84 Å². The van der Waals surface area contributed by atoms with E-state index in [9.17, 15) is 14.4 Å². The molecule has 4 amide bonds. The molecule has 2 rings (SSSR count). The summed E-state index contributed by atoms with van der Waals surface area (Å²) in [5.41, 5.74) is 2.02. The number of urea groups is 1. The van der Waals surface area contributed by atoms with Gasteiger partial charge in [-0.05, 0) is 12.1 Å². The third-order valence-corrected chi connectivity index (χ3v) is 3.34. The van der Waals surface area contributed by atoms with Crippen molar-refractivity contribution in [2.45, 2.75) is 6.54 Å². The number of hydrogen-bond acceptors (Lipinski definition) is 5. The van der Waals surface area contributed by atoms with E-state index in [-0.39, 0.29) is 19.0 Å². The number of rotatable bonds is 3. The Morgan fingerprint density at radius 1 is 1.53 bits per heavy atom. The van der Waals surface area contributed by atoms with Gasteiger partial charge in [-0.25, -0.2) is 10.6 Å². The minimum absolute atomic E-state index is 0.0281. The number of thiophene rings is 1. The maximum atomic E-state index is 11.3. The summed E-state index contributed by atoms with van der Waals surface area (Å²) >= 11 is 1.19. The molecule has 1 saturated heterocycles. The number of hydrogen-bond donors (Lipinski definition) is 3. The minimum atomic E-state index is -0.409. The zero-order valence-electron chi connectivity index (χ0n) is 8.73. The van der Waals surface area contributed by atoms with E-state index in [2.05, 4.69) is 5.32 Å². The van der Waals surface area contributed by atoms with Crippen molar-refractivity contribution in [3.63, 3.8) is 0 Å². The highest BCUT2D eigenvalue weighted by molar-refractivity contribution is 7.14. The quantitative estimate of drug-likeness (QED) is 0.290. The Bertz CT molecular complexity index is 468. The molecule has 1 aromatic rings. The van der Waals surface area contributed by atoms with Crippen molar-refractivity contribution >= 4 is 29.2 Å². The van der Waals surface area contributed by atoms with Gasteiger partial charge in [-0.2, -0.15) is 0 Å². The molecule has 1 aromatic heterocycles. The van der Waals surface area contributed by atoms with Crippen molar-refractivity contribution in [3.8, 4) is 0 Å². The van der Waals surface area contributed by atoms with Crippen LogP contribution in [0.5, 0.6) is 0 Å². The number of carbonyl (C=O) groups excluding carboxylic acids is 3. The molecule has 0 atom stereocenters.